The van der Waals surface area contributed by atoms with Crippen molar-refractivity contribution < 1.29 is 4.79 Å². The summed E-state index contributed by atoms with van der Waals surface area (Å²) in [6.07, 6.45) is 9.09. The number of rotatable bonds is 4. The monoisotopic (exact) mass is 480 g/mol. The number of benzene rings is 2. The number of amides is 1. The van der Waals surface area contributed by atoms with E-state index in [2.05, 4.69) is 33.4 Å². The Bertz CT molecular complexity index is 1090. The Morgan fingerprint density at radius 2 is 1.80 bits per heavy atom. The second kappa shape index (κ2) is 8.01. The lowest BCUT2D eigenvalue weighted by molar-refractivity contribution is 0.0713. The number of carbonyl (C=O) groups excluding carboxylic acids is 1. The summed E-state index contributed by atoms with van der Waals surface area (Å²) < 4.78 is 0.960. The van der Waals surface area contributed by atoms with Crippen LogP contribution in [0, 0.1) is 5.92 Å². The smallest absolute Gasteiger partial charge is 0.253 e. The summed E-state index contributed by atoms with van der Waals surface area (Å²) in [5, 5.41) is 4.41. The van der Waals surface area contributed by atoms with Crippen LogP contribution in [0.4, 0.5) is 0 Å². The highest BCUT2D eigenvalue weighted by atomic mass is 79.9. The molecule has 3 aromatic rings. The highest BCUT2D eigenvalue weighted by Gasteiger charge is 2.41. The molecular formula is C25H25BrN2OS. The first-order chi connectivity index (χ1) is 14.6. The average molecular weight is 481 g/mol. The SMILES string of the molecule is CSc1c(-c2ccccc2)nc2ccc(Br)cc2c1C(=O)NC12CCC(CC1)CC2. The van der Waals surface area contributed by atoms with Crippen LogP contribution >= 0.6 is 27.7 Å². The quantitative estimate of drug-likeness (QED) is 0.415. The predicted octanol–water partition coefficient (Wildman–Crippen LogP) is 6.84. The topological polar surface area (TPSA) is 42.0 Å². The van der Waals surface area contributed by atoms with Crippen LogP contribution in [0.5, 0.6) is 0 Å². The molecule has 0 atom stereocenters. The molecule has 154 valence electrons. The van der Waals surface area contributed by atoms with E-state index >= 15 is 0 Å². The van der Waals surface area contributed by atoms with Crippen molar-refractivity contribution in [1.82, 2.24) is 10.3 Å². The maximum Gasteiger partial charge on any atom is 0.253 e. The van der Waals surface area contributed by atoms with Crippen LogP contribution < -0.4 is 5.32 Å². The van der Waals surface area contributed by atoms with Crippen LogP contribution in [0.1, 0.15) is 48.9 Å². The molecule has 0 aliphatic heterocycles. The number of pyridine rings is 1. The molecule has 0 saturated heterocycles. The molecule has 2 bridgehead atoms. The largest absolute Gasteiger partial charge is 0.347 e. The molecule has 3 fully saturated rings. The van der Waals surface area contributed by atoms with E-state index in [0.29, 0.717) is 0 Å². The van der Waals surface area contributed by atoms with Crippen molar-refractivity contribution in [2.75, 3.05) is 6.26 Å². The normalized spacial score (nSPS) is 22.9. The van der Waals surface area contributed by atoms with Gasteiger partial charge in [-0.2, -0.15) is 0 Å². The molecule has 3 aliphatic carbocycles. The van der Waals surface area contributed by atoms with E-state index in [1.165, 1.54) is 19.3 Å². The Morgan fingerprint density at radius 3 is 2.47 bits per heavy atom. The molecule has 1 heterocycles. The fraction of sp³-hybridized carbons (Fsp3) is 0.360. The van der Waals surface area contributed by atoms with Gasteiger partial charge in [0.15, 0.2) is 0 Å². The zero-order valence-electron chi connectivity index (χ0n) is 17.1. The number of hydrogen-bond acceptors (Lipinski definition) is 3. The number of aromatic nitrogens is 1. The first-order valence-electron chi connectivity index (χ1n) is 10.6. The van der Waals surface area contributed by atoms with Crippen molar-refractivity contribution >= 4 is 44.5 Å². The summed E-state index contributed by atoms with van der Waals surface area (Å²) in [7, 11) is 0. The number of fused-ring (bicyclic) bond motifs is 4. The van der Waals surface area contributed by atoms with Gasteiger partial charge in [-0.1, -0.05) is 46.3 Å². The molecule has 1 N–H and O–H groups in total. The minimum Gasteiger partial charge on any atom is -0.347 e. The number of halogens is 1. The van der Waals surface area contributed by atoms with Crippen LogP contribution in [0.15, 0.2) is 57.9 Å². The van der Waals surface area contributed by atoms with Crippen molar-refractivity contribution in [1.29, 1.82) is 0 Å². The third-order valence-corrected chi connectivity index (χ3v) is 8.15. The standard InChI is InChI=1S/C25H25BrN2OS/c1-30-23-21(24(29)28-25-12-9-16(10-13-25)11-14-25)19-15-18(26)7-8-20(19)27-22(23)17-5-3-2-4-6-17/h2-8,15-16H,9-14H2,1H3,(H,28,29). The summed E-state index contributed by atoms with van der Waals surface area (Å²) in [4.78, 5) is 19.7. The van der Waals surface area contributed by atoms with E-state index in [1.807, 2.05) is 42.7 Å². The molecule has 3 aliphatic rings. The molecule has 5 heteroatoms. The first-order valence-corrected chi connectivity index (χ1v) is 12.7. The van der Waals surface area contributed by atoms with Gasteiger partial charge in [0.05, 0.1) is 16.8 Å². The fourth-order valence-corrected chi connectivity index (χ4v) is 6.30. The Labute approximate surface area is 190 Å². The molecule has 1 amide bonds. The Morgan fingerprint density at radius 1 is 1.10 bits per heavy atom. The van der Waals surface area contributed by atoms with Crippen molar-refractivity contribution in [3.8, 4) is 11.3 Å². The van der Waals surface area contributed by atoms with Gasteiger partial charge >= 0.3 is 0 Å². The molecule has 6 rings (SSSR count). The lowest BCUT2D eigenvalue weighted by Crippen LogP contribution is -2.53. The van der Waals surface area contributed by atoms with Crippen molar-refractivity contribution in [2.24, 2.45) is 5.92 Å². The third kappa shape index (κ3) is 3.56. The van der Waals surface area contributed by atoms with Crippen molar-refractivity contribution in [3.63, 3.8) is 0 Å². The van der Waals surface area contributed by atoms with Gasteiger partial charge in [0.25, 0.3) is 5.91 Å². The third-order valence-electron chi connectivity index (χ3n) is 6.85. The number of nitrogens with one attached hydrogen (secondary N) is 1. The number of thioether (sulfide) groups is 1. The average Bonchev–Trinajstić information content (AvgIpc) is 2.79. The van der Waals surface area contributed by atoms with E-state index in [1.54, 1.807) is 11.8 Å². The van der Waals surface area contributed by atoms with E-state index < -0.39 is 0 Å². The summed E-state index contributed by atoms with van der Waals surface area (Å²) in [5.41, 5.74) is 3.50. The highest BCUT2D eigenvalue weighted by molar-refractivity contribution is 9.10. The molecule has 0 unspecified atom stereocenters. The fourth-order valence-electron chi connectivity index (χ4n) is 5.17. The molecule has 0 spiro atoms. The van der Waals surface area contributed by atoms with Gasteiger partial charge in [0.2, 0.25) is 0 Å². The molecule has 1 aromatic heterocycles. The summed E-state index contributed by atoms with van der Waals surface area (Å²) >= 11 is 5.19. The van der Waals surface area contributed by atoms with Crippen LogP contribution in [0.2, 0.25) is 0 Å². The second-order valence-electron chi connectivity index (χ2n) is 8.61. The van der Waals surface area contributed by atoms with Gasteiger partial charge in [0, 0.05) is 25.9 Å². The Balaban J connectivity index is 1.67. The molecule has 30 heavy (non-hydrogen) atoms. The van der Waals surface area contributed by atoms with Gasteiger partial charge in [-0.05, 0) is 68.9 Å². The van der Waals surface area contributed by atoms with E-state index in [-0.39, 0.29) is 11.4 Å². The second-order valence-corrected chi connectivity index (χ2v) is 10.3. The Kier molecular flexibility index (Phi) is 5.36. The maximum absolute atomic E-state index is 13.8. The van der Waals surface area contributed by atoms with E-state index in [0.717, 1.165) is 62.3 Å². The number of nitrogens with zero attached hydrogens (tertiary/aromatic N) is 1. The van der Waals surface area contributed by atoms with Crippen molar-refractivity contribution in [2.45, 2.75) is 49.0 Å². The number of carbonyl (C=O) groups is 1. The van der Waals surface area contributed by atoms with Crippen molar-refractivity contribution in [3.05, 3.63) is 58.6 Å². The van der Waals surface area contributed by atoms with Crippen LogP contribution in [0.3, 0.4) is 0 Å². The van der Waals surface area contributed by atoms with Gasteiger partial charge in [0.1, 0.15) is 0 Å². The zero-order chi connectivity index (χ0) is 20.7. The molecule has 3 saturated carbocycles. The molecule has 3 nitrogen and oxygen atoms in total. The van der Waals surface area contributed by atoms with Gasteiger partial charge in [-0.25, -0.2) is 4.98 Å². The lowest BCUT2D eigenvalue weighted by atomic mass is 9.66. The van der Waals surface area contributed by atoms with Gasteiger partial charge in [-0.3, -0.25) is 4.79 Å². The summed E-state index contributed by atoms with van der Waals surface area (Å²) in [6.45, 7) is 0. The predicted molar refractivity (Wildman–Crippen MR) is 128 cm³/mol. The molecule has 0 radical (unpaired) electrons. The first kappa shape index (κ1) is 20.1. The van der Waals surface area contributed by atoms with Crippen LogP contribution in [0.25, 0.3) is 22.2 Å². The molecule has 2 aromatic carbocycles. The zero-order valence-corrected chi connectivity index (χ0v) is 19.5. The summed E-state index contributed by atoms with van der Waals surface area (Å²) in [6, 6.07) is 16.2. The maximum atomic E-state index is 13.8. The molecular weight excluding hydrogens is 456 g/mol. The van der Waals surface area contributed by atoms with Crippen LogP contribution in [-0.4, -0.2) is 22.7 Å². The highest BCUT2D eigenvalue weighted by Crippen LogP contribution is 2.45. The Hall–Kier alpha value is -1.85. The minimum absolute atomic E-state index is 0.0317. The van der Waals surface area contributed by atoms with Gasteiger partial charge in [-0.15, -0.1) is 11.8 Å². The number of hydrogen-bond donors (Lipinski definition) is 1. The van der Waals surface area contributed by atoms with E-state index in [9.17, 15) is 4.79 Å². The lowest BCUT2D eigenvalue weighted by Gasteiger charge is -2.47. The van der Waals surface area contributed by atoms with Crippen LogP contribution in [-0.2, 0) is 0 Å². The van der Waals surface area contributed by atoms with E-state index in [4.69, 9.17) is 4.98 Å². The minimum atomic E-state index is -0.0317. The summed E-state index contributed by atoms with van der Waals surface area (Å²) in [5.74, 6) is 0.912. The van der Waals surface area contributed by atoms with Gasteiger partial charge < -0.3 is 5.32 Å².